The molecule has 2 aromatic rings. The third kappa shape index (κ3) is 4.43. The highest BCUT2D eigenvalue weighted by atomic mass is 31.2. The van der Waals surface area contributed by atoms with Gasteiger partial charge in [-0.15, -0.1) is 0 Å². The first kappa shape index (κ1) is 21.0. The van der Waals surface area contributed by atoms with Crippen LogP contribution in [0.4, 0.5) is 4.39 Å². The molecule has 11 nitrogen and oxygen atoms in total. The Kier molecular flexibility index (Phi) is 5.96. The van der Waals surface area contributed by atoms with Gasteiger partial charge in [0.1, 0.15) is 12.3 Å². The van der Waals surface area contributed by atoms with Crippen molar-refractivity contribution in [3.05, 3.63) is 62.9 Å². The third-order valence-electron chi connectivity index (χ3n) is 4.80. The third-order valence-corrected chi connectivity index (χ3v) is 6.28. The van der Waals surface area contributed by atoms with E-state index >= 15 is 0 Å². The first-order valence-corrected chi connectivity index (χ1v) is 10.6. The number of hydrogen-bond acceptors (Lipinski definition) is 9. The minimum atomic E-state index is -3.92. The number of halogens is 1. The van der Waals surface area contributed by atoms with Crippen molar-refractivity contribution in [1.82, 2.24) is 14.5 Å². The van der Waals surface area contributed by atoms with Crippen LogP contribution in [0.2, 0.25) is 0 Å². The quantitative estimate of drug-likeness (QED) is 0.648. The molecular formula is C17H19FN3O8P. The smallest absolute Gasteiger partial charge is 0.390 e. The number of aromatic amines is 1. The molecule has 30 heavy (non-hydrogen) atoms. The summed E-state index contributed by atoms with van der Waals surface area (Å²) < 4.78 is 48.7. The normalized spacial score (nSPS) is 31.7. The Bertz CT molecular complexity index is 1060. The average molecular weight is 443 g/mol. The molecule has 0 aliphatic carbocycles. The molecule has 2 aliphatic rings. The predicted molar refractivity (Wildman–Crippen MR) is 98.0 cm³/mol. The minimum absolute atomic E-state index is 0.0644. The molecule has 0 spiro atoms. The summed E-state index contributed by atoms with van der Waals surface area (Å²) >= 11 is 0. The van der Waals surface area contributed by atoms with Gasteiger partial charge in [-0.2, -0.15) is 4.39 Å². The summed E-state index contributed by atoms with van der Waals surface area (Å²) in [7, 11) is -3.92. The Balaban J connectivity index is 1.40. The fourth-order valence-corrected chi connectivity index (χ4v) is 4.65. The Hall–Kier alpha value is -2.21. The molecule has 4 heterocycles. The number of ether oxygens (including phenoxy) is 1. The van der Waals surface area contributed by atoms with E-state index in [2.05, 4.69) is 4.98 Å². The van der Waals surface area contributed by atoms with Gasteiger partial charge >= 0.3 is 13.5 Å². The topological polar surface area (TPSA) is 142 Å². The summed E-state index contributed by atoms with van der Waals surface area (Å²) in [4.78, 5) is 28.8. The Morgan fingerprint density at radius 1 is 1.37 bits per heavy atom. The minimum Gasteiger partial charge on any atom is -0.390 e. The van der Waals surface area contributed by atoms with Crippen molar-refractivity contribution >= 4 is 7.82 Å². The zero-order chi connectivity index (χ0) is 21.3. The number of phosphoric ester groups is 1. The predicted octanol–water partition coefficient (Wildman–Crippen LogP) is 1.02. The van der Waals surface area contributed by atoms with Gasteiger partial charge in [0.05, 0.1) is 31.6 Å². The molecule has 0 saturated carbocycles. The van der Waals surface area contributed by atoms with Gasteiger partial charge in [-0.25, -0.2) is 9.36 Å². The number of aliphatic hydroxyl groups excluding tert-OH is 1. The van der Waals surface area contributed by atoms with Crippen molar-refractivity contribution in [3.63, 3.8) is 0 Å². The molecule has 2 aromatic heterocycles. The van der Waals surface area contributed by atoms with Crippen molar-refractivity contribution in [2.75, 3.05) is 13.2 Å². The number of nitrogens with one attached hydrogen (secondary N) is 1. The van der Waals surface area contributed by atoms with Crippen LogP contribution in [0.15, 0.2) is 40.3 Å². The van der Waals surface area contributed by atoms with Gasteiger partial charge in [-0.1, -0.05) is 0 Å². The number of nitrogens with zero attached hydrogens (tertiary/aromatic N) is 2. The number of aromatic nitrogens is 3. The molecule has 5 atom stereocenters. The molecule has 0 aromatic carbocycles. The van der Waals surface area contributed by atoms with Gasteiger partial charge < -0.3 is 9.84 Å². The second-order valence-corrected chi connectivity index (χ2v) is 8.44. The van der Waals surface area contributed by atoms with E-state index in [4.69, 9.17) is 18.3 Å². The summed E-state index contributed by atoms with van der Waals surface area (Å²) in [5.74, 6) is -1.16. The molecule has 4 rings (SSSR count). The first-order chi connectivity index (χ1) is 14.3. The van der Waals surface area contributed by atoms with E-state index in [1.165, 1.54) is 0 Å². The molecule has 2 fully saturated rings. The van der Waals surface area contributed by atoms with E-state index in [-0.39, 0.29) is 19.6 Å². The zero-order valence-electron chi connectivity index (χ0n) is 15.5. The van der Waals surface area contributed by atoms with Crippen LogP contribution < -0.4 is 11.2 Å². The van der Waals surface area contributed by atoms with Gasteiger partial charge in [-0.3, -0.25) is 32.9 Å². The Labute approximate surface area is 169 Å². The maximum atomic E-state index is 13.5. The van der Waals surface area contributed by atoms with E-state index in [0.717, 1.165) is 10.1 Å². The van der Waals surface area contributed by atoms with Crippen LogP contribution in [0.25, 0.3) is 0 Å². The molecule has 2 unspecified atom stereocenters. The lowest BCUT2D eigenvalue weighted by Crippen LogP contribution is -2.34. The summed E-state index contributed by atoms with van der Waals surface area (Å²) in [5, 5.41) is 10.2. The maximum absolute atomic E-state index is 13.5. The van der Waals surface area contributed by atoms with Gasteiger partial charge in [0.25, 0.3) is 5.56 Å². The number of rotatable bonds is 5. The summed E-state index contributed by atoms with van der Waals surface area (Å²) in [6.07, 6.45) is 0.683. The summed E-state index contributed by atoms with van der Waals surface area (Å²) in [5.41, 5.74) is -1.26. The molecule has 2 N–H and O–H groups in total. The van der Waals surface area contributed by atoms with Crippen molar-refractivity contribution in [3.8, 4) is 0 Å². The molecule has 162 valence electrons. The number of pyridine rings is 1. The van der Waals surface area contributed by atoms with Crippen LogP contribution >= 0.6 is 7.82 Å². The number of phosphoric acid groups is 1. The van der Waals surface area contributed by atoms with Crippen LogP contribution in [0, 0.1) is 5.82 Å². The Morgan fingerprint density at radius 2 is 2.13 bits per heavy atom. The fourth-order valence-electron chi connectivity index (χ4n) is 3.26. The largest absolute Gasteiger partial charge is 0.475 e. The highest BCUT2D eigenvalue weighted by Crippen LogP contribution is 2.57. The fraction of sp³-hybridized carbons (Fsp3) is 0.471. The van der Waals surface area contributed by atoms with Gasteiger partial charge in [0.2, 0.25) is 5.82 Å². The second-order valence-electron chi connectivity index (χ2n) is 6.82. The van der Waals surface area contributed by atoms with Crippen LogP contribution in [-0.4, -0.2) is 45.1 Å². The van der Waals surface area contributed by atoms with E-state index in [9.17, 15) is 23.7 Å². The molecular weight excluding hydrogens is 424 g/mol. The van der Waals surface area contributed by atoms with Gasteiger partial charge in [0, 0.05) is 25.2 Å². The number of aliphatic hydroxyl groups is 1. The van der Waals surface area contributed by atoms with Gasteiger partial charge in [0.15, 0.2) is 0 Å². The lowest BCUT2D eigenvalue weighted by atomic mass is 10.1. The highest BCUT2D eigenvalue weighted by Gasteiger charge is 2.41. The number of hydrogen-bond donors (Lipinski definition) is 2. The zero-order valence-corrected chi connectivity index (χ0v) is 16.4. The van der Waals surface area contributed by atoms with Crippen molar-refractivity contribution in [2.45, 2.75) is 37.4 Å². The maximum Gasteiger partial charge on any atom is 0.475 e. The van der Waals surface area contributed by atoms with Crippen molar-refractivity contribution in [2.24, 2.45) is 0 Å². The van der Waals surface area contributed by atoms with Crippen molar-refractivity contribution < 1.29 is 32.4 Å². The molecule has 2 saturated heterocycles. The van der Waals surface area contributed by atoms with Crippen LogP contribution in [0.1, 0.15) is 30.7 Å². The molecule has 13 heteroatoms. The molecule has 2 aliphatic heterocycles. The molecule has 0 amide bonds. The SMILES string of the molecule is O=c1[nH]c(=O)n([C@H]2C[C@H](O)[C@@H](COP3(=O)OCCC(c4ccncc4)O3)O2)cc1F. The van der Waals surface area contributed by atoms with Crippen molar-refractivity contribution in [1.29, 1.82) is 0 Å². The van der Waals surface area contributed by atoms with Crippen LogP contribution in [-0.2, 0) is 22.9 Å². The first-order valence-electron chi connectivity index (χ1n) is 9.16. The number of H-pyrrole nitrogens is 1. The van der Waals surface area contributed by atoms with E-state index in [1.54, 1.807) is 24.5 Å². The summed E-state index contributed by atoms with van der Waals surface area (Å²) in [6, 6.07) is 3.46. The monoisotopic (exact) mass is 443 g/mol. The van der Waals surface area contributed by atoms with Crippen LogP contribution in [0.5, 0.6) is 0 Å². The Morgan fingerprint density at radius 3 is 2.90 bits per heavy atom. The van der Waals surface area contributed by atoms with E-state index < -0.39 is 49.4 Å². The van der Waals surface area contributed by atoms with E-state index in [0.29, 0.717) is 12.6 Å². The standard InChI is InChI=1S/C17H19FN3O8P/c18-11-8-21(17(24)20-16(11)23)15-7-12(22)14(28-15)9-27-30(25)26-6-3-13(29-30)10-1-4-19-5-2-10/h1-2,4-5,8,12-15,22H,3,6-7,9H2,(H,20,23,24)/t12-,13?,14+,15+,30?/m0/s1. The van der Waals surface area contributed by atoms with Crippen LogP contribution in [0.3, 0.4) is 0 Å². The average Bonchev–Trinajstić information content (AvgIpc) is 3.10. The lowest BCUT2D eigenvalue weighted by molar-refractivity contribution is -0.0551. The second kappa shape index (κ2) is 8.50. The molecule has 0 bridgehead atoms. The highest BCUT2D eigenvalue weighted by molar-refractivity contribution is 7.48. The van der Waals surface area contributed by atoms with Gasteiger partial charge in [-0.05, 0) is 17.7 Å². The van der Waals surface area contributed by atoms with E-state index in [1.807, 2.05) is 4.98 Å². The lowest BCUT2D eigenvalue weighted by Gasteiger charge is -2.29. The molecule has 0 radical (unpaired) electrons. The summed E-state index contributed by atoms with van der Waals surface area (Å²) in [6.45, 7) is -0.203.